The van der Waals surface area contributed by atoms with Crippen LogP contribution in [-0.4, -0.2) is 32.8 Å². The molecule has 0 spiro atoms. The fourth-order valence-corrected chi connectivity index (χ4v) is 2.42. The van der Waals surface area contributed by atoms with Gasteiger partial charge in [-0.05, 0) is 30.5 Å². The highest BCUT2D eigenvalue weighted by molar-refractivity contribution is 5.82. The van der Waals surface area contributed by atoms with E-state index >= 15 is 0 Å². The monoisotopic (exact) mass is 333 g/mol. The summed E-state index contributed by atoms with van der Waals surface area (Å²) in [6.07, 6.45) is 2.51. The lowest BCUT2D eigenvalue weighted by Crippen LogP contribution is -2.30. The molecule has 130 valence electrons. The first-order valence-electron chi connectivity index (χ1n) is 8.09. The number of fused-ring (bicyclic) bond motifs is 1. The Morgan fingerprint density at radius 2 is 2.12 bits per heavy atom. The summed E-state index contributed by atoms with van der Waals surface area (Å²) in [7, 11) is 1.62. The third kappa shape index (κ3) is 5.09. The molecule has 0 aliphatic heterocycles. The average molecular weight is 333 g/mol. The number of aryl methyl sites for hydroxylation is 1. The molecule has 1 aromatic carbocycles. The van der Waals surface area contributed by atoms with Gasteiger partial charge in [-0.25, -0.2) is 4.79 Å². The van der Waals surface area contributed by atoms with Crippen LogP contribution in [0.3, 0.4) is 0 Å². The van der Waals surface area contributed by atoms with Gasteiger partial charge < -0.3 is 19.2 Å². The molecule has 1 N–H and O–H groups in total. The lowest BCUT2D eigenvalue weighted by atomic mass is 10.1. The topological polar surface area (TPSA) is 77.8 Å². The molecule has 0 fully saturated rings. The summed E-state index contributed by atoms with van der Waals surface area (Å²) < 4.78 is 15.6. The standard InChI is InChI=1S/C18H23NO5/c1-3-5-13-10-18(21)24-16-11-14(6-7-15(13)16)23-12-17(20)19-8-4-9-22-2/h6-7,10-11H,3-5,8-9,12H2,1-2H3,(H,19,20). The van der Waals surface area contributed by atoms with E-state index in [9.17, 15) is 9.59 Å². The van der Waals surface area contributed by atoms with Crippen LogP contribution in [0.25, 0.3) is 11.0 Å². The lowest BCUT2D eigenvalue weighted by molar-refractivity contribution is -0.123. The van der Waals surface area contributed by atoms with Crippen LogP contribution in [0.1, 0.15) is 25.3 Å². The normalized spacial score (nSPS) is 10.8. The SMILES string of the molecule is CCCc1cc(=O)oc2cc(OCC(=O)NCCCOC)ccc12. The van der Waals surface area contributed by atoms with Crippen molar-refractivity contribution in [2.45, 2.75) is 26.2 Å². The van der Waals surface area contributed by atoms with Gasteiger partial charge in [0.25, 0.3) is 5.91 Å². The molecule has 0 aliphatic rings. The third-order valence-corrected chi connectivity index (χ3v) is 3.54. The van der Waals surface area contributed by atoms with Crippen molar-refractivity contribution >= 4 is 16.9 Å². The summed E-state index contributed by atoms with van der Waals surface area (Å²) in [6.45, 7) is 3.12. The molecule has 1 heterocycles. The van der Waals surface area contributed by atoms with Crippen molar-refractivity contribution in [2.75, 3.05) is 26.9 Å². The molecule has 0 atom stereocenters. The van der Waals surface area contributed by atoms with Gasteiger partial charge in [0.05, 0.1) is 0 Å². The number of rotatable bonds is 9. The number of ether oxygens (including phenoxy) is 2. The van der Waals surface area contributed by atoms with Crippen LogP contribution in [-0.2, 0) is 16.0 Å². The third-order valence-electron chi connectivity index (χ3n) is 3.54. The van der Waals surface area contributed by atoms with Gasteiger partial charge >= 0.3 is 5.63 Å². The van der Waals surface area contributed by atoms with E-state index in [0.29, 0.717) is 24.5 Å². The van der Waals surface area contributed by atoms with E-state index in [1.54, 1.807) is 19.2 Å². The van der Waals surface area contributed by atoms with Gasteiger partial charge in [-0.3, -0.25) is 4.79 Å². The Bertz CT molecular complexity index is 738. The summed E-state index contributed by atoms with van der Waals surface area (Å²) in [5, 5.41) is 3.64. The molecule has 6 heteroatoms. The molecule has 0 saturated carbocycles. The van der Waals surface area contributed by atoms with Crippen LogP contribution in [0, 0.1) is 0 Å². The van der Waals surface area contributed by atoms with Gasteiger partial charge in [0.2, 0.25) is 0 Å². The number of hydrogen-bond donors (Lipinski definition) is 1. The van der Waals surface area contributed by atoms with Gasteiger partial charge in [0.1, 0.15) is 11.3 Å². The fourth-order valence-electron chi connectivity index (χ4n) is 2.42. The van der Waals surface area contributed by atoms with Crippen molar-refractivity contribution in [2.24, 2.45) is 0 Å². The predicted octanol–water partition coefficient (Wildman–Crippen LogP) is 2.28. The molecule has 0 aliphatic carbocycles. The Morgan fingerprint density at radius 1 is 1.29 bits per heavy atom. The number of benzene rings is 1. The molecular formula is C18H23NO5. The summed E-state index contributed by atoms with van der Waals surface area (Å²) in [5.41, 5.74) is 1.06. The van der Waals surface area contributed by atoms with E-state index in [2.05, 4.69) is 12.2 Å². The number of carbonyl (C=O) groups is 1. The molecule has 0 bridgehead atoms. The molecule has 0 saturated heterocycles. The van der Waals surface area contributed by atoms with E-state index in [4.69, 9.17) is 13.9 Å². The second-order valence-corrected chi connectivity index (χ2v) is 5.48. The minimum Gasteiger partial charge on any atom is -0.484 e. The molecule has 1 amide bonds. The molecule has 0 radical (unpaired) electrons. The second kappa shape index (κ2) is 9.08. The first-order valence-corrected chi connectivity index (χ1v) is 8.09. The van der Waals surface area contributed by atoms with E-state index in [1.807, 2.05) is 6.07 Å². The van der Waals surface area contributed by atoms with Crippen LogP contribution in [0.4, 0.5) is 0 Å². The van der Waals surface area contributed by atoms with Gasteiger partial charge in [-0.2, -0.15) is 0 Å². The number of amides is 1. The molecule has 24 heavy (non-hydrogen) atoms. The van der Waals surface area contributed by atoms with E-state index in [0.717, 1.165) is 30.2 Å². The predicted molar refractivity (Wildman–Crippen MR) is 91.5 cm³/mol. The second-order valence-electron chi connectivity index (χ2n) is 5.48. The Balaban J connectivity index is 2.00. The van der Waals surface area contributed by atoms with Crippen molar-refractivity contribution in [1.82, 2.24) is 5.32 Å². The fraction of sp³-hybridized carbons (Fsp3) is 0.444. The van der Waals surface area contributed by atoms with Crippen LogP contribution >= 0.6 is 0 Å². The Kier molecular flexibility index (Phi) is 6.81. The maximum atomic E-state index is 11.7. The first-order chi connectivity index (χ1) is 11.6. The lowest BCUT2D eigenvalue weighted by Gasteiger charge is -2.09. The van der Waals surface area contributed by atoms with Crippen LogP contribution < -0.4 is 15.7 Å². The number of hydrogen-bond acceptors (Lipinski definition) is 5. The van der Waals surface area contributed by atoms with Crippen molar-refractivity contribution in [1.29, 1.82) is 0 Å². The highest BCUT2D eigenvalue weighted by Gasteiger charge is 2.08. The Labute approximate surface area is 140 Å². The number of carbonyl (C=O) groups excluding carboxylic acids is 1. The van der Waals surface area contributed by atoms with Gasteiger partial charge in [-0.1, -0.05) is 13.3 Å². The van der Waals surface area contributed by atoms with Gasteiger partial charge in [0, 0.05) is 37.8 Å². The molecular weight excluding hydrogens is 310 g/mol. The van der Waals surface area contributed by atoms with Crippen LogP contribution in [0.15, 0.2) is 33.5 Å². The summed E-state index contributed by atoms with van der Waals surface area (Å²) >= 11 is 0. The van der Waals surface area contributed by atoms with Gasteiger partial charge in [-0.15, -0.1) is 0 Å². The van der Waals surface area contributed by atoms with E-state index in [1.165, 1.54) is 6.07 Å². The smallest absolute Gasteiger partial charge is 0.336 e. The summed E-state index contributed by atoms with van der Waals surface area (Å²) in [5.74, 6) is 0.290. The molecule has 1 aromatic heterocycles. The highest BCUT2D eigenvalue weighted by Crippen LogP contribution is 2.23. The molecule has 2 rings (SSSR count). The van der Waals surface area contributed by atoms with Crippen molar-refractivity contribution in [3.63, 3.8) is 0 Å². The van der Waals surface area contributed by atoms with Crippen molar-refractivity contribution < 1.29 is 18.7 Å². The Hall–Kier alpha value is -2.34. The zero-order valence-corrected chi connectivity index (χ0v) is 14.1. The van der Waals surface area contributed by atoms with Crippen molar-refractivity contribution in [3.8, 4) is 5.75 Å². The van der Waals surface area contributed by atoms with E-state index in [-0.39, 0.29) is 18.1 Å². The maximum Gasteiger partial charge on any atom is 0.336 e. The Morgan fingerprint density at radius 3 is 2.88 bits per heavy atom. The molecule has 2 aromatic rings. The molecule has 6 nitrogen and oxygen atoms in total. The minimum absolute atomic E-state index is 0.0859. The van der Waals surface area contributed by atoms with Crippen LogP contribution in [0.2, 0.25) is 0 Å². The maximum absolute atomic E-state index is 11.7. The highest BCUT2D eigenvalue weighted by atomic mass is 16.5. The zero-order valence-electron chi connectivity index (χ0n) is 14.1. The largest absolute Gasteiger partial charge is 0.484 e. The summed E-state index contributed by atoms with van der Waals surface area (Å²) in [6, 6.07) is 6.81. The molecule has 0 unspecified atom stereocenters. The zero-order chi connectivity index (χ0) is 17.4. The van der Waals surface area contributed by atoms with Gasteiger partial charge in [0.15, 0.2) is 6.61 Å². The first kappa shape index (κ1) is 18.0. The number of methoxy groups -OCH3 is 1. The minimum atomic E-state index is -0.376. The quantitative estimate of drug-likeness (QED) is 0.563. The van der Waals surface area contributed by atoms with Crippen molar-refractivity contribution in [3.05, 3.63) is 40.2 Å². The van der Waals surface area contributed by atoms with Crippen LogP contribution in [0.5, 0.6) is 5.75 Å². The average Bonchev–Trinajstić information content (AvgIpc) is 2.56. The summed E-state index contributed by atoms with van der Waals surface area (Å²) in [4.78, 5) is 23.3. The number of nitrogens with one attached hydrogen (secondary N) is 1. The van der Waals surface area contributed by atoms with E-state index < -0.39 is 0 Å².